The number of nitrogens with zero attached hydrogens (tertiary/aromatic N) is 1. The molecule has 1 nitrogen and oxygen atoms in total. The van der Waals surface area contributed by atoms with Gasteiger partial charge in [-0.1, -0.05) is 170 Å². The number of hydrogen-bond acceptors (Lipinski definition) is 1. The largest absolute Gasteiger partial charge is 0.311 e. The van der Waals surface area contributed by atoms with Gasteiger partial charge >= 0.3 is 0 Å². The quantitative estimate of drug-likeness (QED) is 0.153. The van der Waals surface area contributed by atoms with E-state index < -0.39 is 0 Å². The Kier molecular flexibility index (Phi) is 8.84. The lowest BCUT2D eigenvalue weighted by atomic mass is 9.97. The summed E-state index contributed by atoms with van der Waals surface area (Å²) in [5, 5.41) is 2.47. The van der Waals surface area contributed by atoms with Gasteiger partial charge in [0.05, 0.1) is 0 Å². The molecule has 0 atom stereocenters. The monoisotopic (exact) mass is 693 g/mol. The van der Waals surface area contributed by atoms with Crippen LogP contribution in [0.2, 0.25) is 0 Å². The van der Waals surface area contributed by atoms with E-state index in [0.29, 0.717) is 0 Å². The summed E-state index contributed by atoms with van der Waals surface area (Å²) in [6, 6.07) is 75.8. The molecule has 0 bridgehead atoms. The molecule has 9 aromatic carbocycles. The predicted octanol–water partition coefficient (Wildman–Crippen LogP) is 14.8. The van der Waals surface area contributed by atoms with Gasteiger partial charge in [0.15, 0.2) is 0 Å². The molecular formula is C52H36FN. The van der Waals surface area contributed by atoms with Crippen LogP contribution < -0.4 is 4.90 Å². The Morgan fingerprint density at radius 1 is 0.259 bits per heavy atom. The average Bonchev–Trinajstić information content (AvgIpc) is 3.25. The first kappa shape index (κ1) is 32.8. The van der Waals surface area contributed by atoms with Gasteiger partial charge in [-0.3, -0.25) is 0 Å². The van der Waals surface area contributed by atoms with E-state index in [4.69, 9.17) is 0 Å². The van der Waals surface area contributed by atoms with Crippen molar-refractivity contribution >= 4 is 27.8 Å². The van der Waals surface area contributed by atoms with E-state index >= 15 is 0 Å². The topological polar surface area (TPSA) is 3.24 Å². The standard InChI is InChI=1S/C52H36FN/c53-47-29-21-42(22-30-47)44-25-33-49(34-26-44)54(50-35-27-46(28-36-50)52-12-6-10-45-9-4-5-11-51(45)52)48-31-23-43(24-32-48)41-19-17-40(18-20-41)39-15-13-38(14-16-39)37-7-2-1-3-8-37/h1-36H. The van der Waals surface area contributed by atoms with Crippen LogP contribution >= 0.6 is 0 Å². The third-order valence-corrected chi connectivity index (χ3v) is 10.2. The van der Waals surface area contributed by atoms with Crippen LogP contribution in [0.3, 0.4) is 0 Å². The molecule has 0 radical (unpaired) electrons. The highest BCUT2D eigenvalue weighted by Gasteiger charge is 2.15. The van der Waals surface area contributed by atoms with Crippen LogP contribution in [-0.2, 0) is 0 Å². The molecule has 0 saturated heterocycles. The third-order valence-electron chi connectivity index (χ3n) is 10.2. The fourth-order valence-corrected chi connectivity index (χ4v) is 7.30. The first-order chi connectivity index (χ1) is 26.7. The maximum absolute atomic E-state index is 13.6. The Bertz CT molecular complexity index is 2640. The normalized spacial score (nSPS) is 11.1. The van der Waals surface area contributed by atoms with Crippen LogP contribution in [0.4, 0.5) is 21.5 Å². The van der Waals surface area contributed by atoms with Gasteiger partial charge in [0.1, 0.15) is 5.82 Å². The molecule has 0 N–H and O–H groups in total. The van der Waals surface area contributed by atoms with Gasteiger partial charge < -0.3 is 4.90 Å². The van der Waals surface area contributed by atoms with E-state index in [0.717, 1.165) is 33.8 Å². The van der Waals surface area contributed by atoms with Gasteiger partial charge in [-0.25, -0.2) is 4.39 Å². The summed E-state index contributed by atoms with van der Waals surface area (Å²) in [7, 11) is 0. The molecule has 54 heavy (non-hydrogen) atoms. The summed E-state index contributed by atoms with van der Waals surface area (Å²) in [6.45, 7) is 0. The fourth-order valence-electron chi connectivity index (χ4n) is 7.30. The highest BCUT2D eigenvalue weighted by atomic mass is 19.1. The molecule has 0 aliphatic heterocycles. The molecule has 0 amide bonds. The Hall–Kier alpha value is -7.03. The maximum atomic E-state index is 13.6. The first-order valence-corrected chi connectivity index (χ1v) is 18.3. The van der Waals surface area contributed by atoms with Crippen LogP contribution in [0.15, 0.2) is 218 Å². The van der Waals surface area contributed by atoms with Crippen molar-refractivity contribution in [2.75, 3.05) is 4.90 Å². The first-order valence-electron chi connectivity index (χ1n) is 18.3. The highest BCUT2D eigenvalue weighted by Crippen LogP contribution is 2.39. The summed E-state index contributed by atoms with van der Waals surface area (Å²) in [4.78, 5) is 2.29. The van der Waals surface area contributed by atoms with Gasteiger partial charge in [-0.2, -0.15) is 0 Å². The molecule has 0 fully saturated rings. The zero-order valence-electron chi connectivity index (χ0n) is 29.6. The van der Waals surface area contributed by atoms with E-state index in [1.165, 1.54) is 61.8 Å². The van der Waals surface area contributed by atoms with Crippen molar-refractivity contribution in [1.82, 2.24) is 0 Å². The molecule has 9 aromatic rings. The van der Waals surface area contributed by atoms with Crippen LogP contribution in [0, 0.1) is 5.82 Å². The number of anilines is 3. The van der Waals surface area contributed by atoms with Crippen LogP contribution in [-0.4, -0.2) is 0 Å². The van der Waals surface area contributed by atoms with E-state index in [-0.39, 0.29) is 5.82 Å². The Morgan fingerprint density at radius 2 is 0.593 bits per heavy atom. The van der Waals surface area contributed by atoms with Crippen molar-refractivity contribution in [2.24, 2.45) is 0 Å². The molecule has 9 rings (SSSR count). The summed E-state index contributed by atoms with van der Waals surface area (Å²) < 4.78 is 13.6. The predicted molar refractivity (Wildman–Crippen MR) is 226 cm³/mol. The molecule has 256 valence electrons. The second-order valence-electron chi connectivity index (χ2n) is 13.5. The minimum Gasteiger partial charge on any atom is -0.311 e. The van der Waals surface area contributed by atoms with Gasteiger partial charge in [0.2, 0.25) is 0 Å². The number of halogens is 1. The lowest BCUT2D eigenvalue weighted by molar-refractivity contribution is 0.628. The van der Waals surface area contributed by atoms with E-state index in [1.54, 1.807) is 0 Å². The molecule has 2 heteroatoms. The second kappa shape index (κ2) is 14.5. The highest BCUT2D eigenvalue weighted by molar-refractivity contribution is 5.97. The Labute approximate surface area is 315 Å². The van der Waals surface area contributed by atoms with Gasteiger partial charge in [0.25, 0.3) is 0 Å². The lowest BCUT2D eigenvalue weighted by Crippen LogP contribution is -2.09. The van der Waals surface area contributed by atoms with Crippen molar-refractivity contribution in [1.29, 1.82) is 0 Å². The minimum absolute atomic E-state index is 0.235. The molecule has 0 heterocycles. The summed E-state index contributed by atoms with van der Waals surface area (Å²) in [5.41, 5.74) is 14.7. The van der Waals surface area contributed by atoms with Gasteiger partial charge in [-0.05, 0) is 115 Å². The zero-order valence-corrected chi connectivity index (χ0v) is 29.6. The molecule has 0 spiro atoms. The number of rotatable bonds is 8. The number of benzene rings is 9. The lowest BCUT2D eigenvalue weighted by Gasteiger charge is -2.26. The average molecular weight is 694 g/mol. The Morgan fingerprint density at radius 3 is 1.06 bits per heavy atom. The summed E-state index contributed by atoms with van der Waals surface area (Å²) >= 11 is 0. The second-order valence-corrected chi connectivity index (χ2v) is 13.5. The minimum atomic E-state index is -0.235. The van der Waals surface area contributed by atoms with Crippen LogP contribution in [0.5, 0.6) is 0 Å². The zero-order chi connectivity index (χ0) is 36.3. The molecule has 0 unspecified atom stereocenters. The van der Waals surface area contributed by atoms with E-state index in [9.17, 15) is 4.39 Å². The van der Waals surface area contributed by atoms with Crippen molar-refractivity contribution < 1.29 is 4.39 Å². The van der Waals surface area contributed by atoms with Crippen LogP contribution in [0.1, 0.15) is 0 Å². The van der Waals surface area contributed by atoms with E-state index in [2.05, 4.69) is 193 Å². The molecular weight excluding hydrogens is 658 g/mol. The van der Waals surface area contributed by atoms with Crippen molar-refractivity contribution in [3.63, 3.8) is 0 Å². The van der Waals surface area contributed by atoms with Gasteiger partial charge in [0, 0.05) is 17.1 Å². The molecule has 0 aliphatic carbocycles. The molecule has 0 aliphatic rings. The van der Waals surface area contributed by atoms with E-state index in [1.807, 2.05) is 18.2 Å². The van der Waals surface area contributed by atoms with Gasteiger partial charge in [-0.15, -0.1) is 0 Å². The SMILES string of the molecule is Fc1ccc(-c2ccc(N(c3ccc(-c4ccc(-c5ccc(-c6ccccc6)cc5)cc4)cc3)c3ccc(-c4cccc5ccccc45)cc3)cc2)cc1. The van der Waals surface area contributed by atoms with Crippen LogP contribution in [0.25, 0.3) is 66.4 Å². The van der Waals surface area contributed by atoms with Crippen molar-refractivity contribution in [3.8, 4) is 55.6 Å². The number of hydrogen-bond donors (Lipinski definition) is 0. The molecule has 0 saturated carbocycles. The summed E-state index contributed by atoms with van der Waals surface area (Å²) in [6.07, 6.45) is 0. The smallest absolute Gasteiger partial charge is 0.123 e. The number of fused-ring (bicyclic) bond motifs is 1. The Balaban J connectivity index is 1.02. The summed E-state index contributed by atoms with van der Waals surface area (Å²) in [5.74, 6) is -0.235. The fraction of sp³-hybridized carbons (Fsp3) is 0. The van der Waals surface area contributed by atoms with Crippen molar-refractivity contribution in [2.45, 2.75) is 0 Å². The van der Waals surface area contributed by atoms with Crippen molar-refractivity contribution in [3.05, 3.63) is 224 Å². The third kappa shape index (κ3) is 6.69. The maximum Gasteiger partial charge on any atom is 0.123 e. The molecule has 0 aromatic heterocycles.